The van der Waals surface area contributed by atoms with Gasteiger partial charge in [0.15, 0.2) is 0 Å². The van der Waals surface area contributed by atoms with Crippen LogP contribution in [-0.2, 0) is 16.4 Å². The van der Waals surface area contributed by atoms with E-state index in [4.69, 9.17) is 11.6 Å². The van der Waals surface area contributed by atoms with Gasteiger partial charge in [0.25, 0.3) is 5.91 Å². The molecule has 0 spiro atoms. The smallest absolute Gasteiger partial charge is 0.252 e. The fourth-order valence-electron chi connectivity index (χ4n) is 3.55. The third-order valence-corrected chi connectivity index (χ3v) is 7.37. The predicted molar refractivity (Wildman–Crippen MR) is 116 cm³/mol. The Morgan fingerprint density at radius 2 is 1.86 bits per heavy atom. The second-order valence-electron chi connectivity index (χ2n) is 7.45. The second-order valence-corrected chi connectivity index (χ2v) is 9.80. The summed E-state index contributed by atoms with van der Waals surface area (Å²) in [6.45, 7) is 3.58. The molecule has 3 rings (SSSR count). The minimum atomic E-state index is -3.61. The molecule has 1 amide bonds. The number of nitrogens with zero attached hydrogens (tertiary/aromatic N) is 1. The van der Waals surface area contributed by atoms with Crippen LogP contribution < -0.4 is 5.32 Å². The van der Waals surface area contributed by atoms with Crippen molar-refractivity contribution in [1.29, 1.82) is 0 Å². The average Bonchev–Trinajstić information content (AvgIpc) is 2.72. The molecule has 0 saturated carbocycles. The van der Waals surface area contributed by atoms with Crippen molar-refractivity contribution in [2.45, 2.75) is 43.9 Å². The molecule has 0 aliphatic carbocycles. The van der Waals surface area contributed by atoms with Crippen LogP contribution in [0.2, 0.25) is 5.02 Å². The number of hydrogen-bond acceptors (Lipinski definition) is 3. The molecular weight excluding hydrogens is 408 g/mol. The van der Waals surface area contributed by atoms with Gasteiger partial charge in [-0.3, -0.25) is 4.79 Å². The van der Waals surface area contributed by atoms with Gasteiger partial charge in [0.2, 0.25) is 10.0 Å². The van der Waals surface area contributed by atoms with E-state index in [0.29, 0.717) is 19.6 Å². The minimum Gasteiger partial charge on any atom is -0.352 e. The molecule has 2 aromatic rings. The molecule has 1 aliphatic rings. The molecule has 1 aliphatic heterocycles. The Morgan fingerprint density at radius 3 is 2.59 bits per heavy atom. The summed E-state index contributed by atoms with van der Waals surface area (Å²) in [5, 5.41) is 3.10. The van der Waals surface area contributed by atoms with Crippen molar-refractivity contribution in [2.24, 2.45) is 0 Å². The van der Waals surface area contributed by atoms with Crippen molar-refractivity contribution in [3.8, 4) is 0 Å². The van der Waals surface area contributed by atoms with Gasteiger partial charge in [-0.05, 0) is 56.4 Å². The third-order valence-electron chi connectivity index (χ3n) is 5.15. The molecule has 0 unspecified atom stereocenters. The minimum absolute atomic E-state index is 0.119. The quantitative estimate of drug-likeness (QED) is 0.664. The van der Waals surface area contributed by atoms with Crippen LogP contribution in [0.1, 0.15) is 47.2 Å². The van der Waals surface area contributed by atoms with Gasteiger partial charge in [-0.1, -0.05) is 47.9 Å². The number of rotatable bonds is 7. The zero-order chi connectivity index (χ0) is 20.9. The summed E-state index contributed by atoms with van der Waals surface area (Å²) in [5.41, 5.74) is 2.64. The molecule has 2 aromatic carbocycles. The van der Waals surface area contributed by atoms with Gasteiger partial charge >= 0.3 is 0 Å². The SMILES string of the molecule is Cc1cccc(CCCNC(=O)c2cc(S(=O)(=O)N3CCCCC3)ccc2Cl)c1. The maximum Gasteiger partial charge on any atom is 0.252 e. The Balaban J connectivity index is 1.63. The zero-order valence-corrected chi connectivity index (χ0v) is 18.2. The molecule has 156 valence electrons. The lowest BCUT2D eigenvalue weighted by Gasteiger charge is -2.26. The standard InChI is InChI=1S/C22H27ClN2O3S/c1-17-7-5-8-18(15-17)9-6-12-24-22(26)20-16-19(10-11-21(20)23)29(27,28)25-13-3-2-4-14-25/h5,7-8,10-11,15-16H,2-4,6,9,12-14H2,1H3,(H,24,26). The van der Waals surface area contributed by atoms with Gasteiger partial charge in [-0.2, -0.15) is 4.31 Å². The van der Waals surface area contributed by atoms with Crippen LogP contribution in [0.15, 0.2) is 47.4 Å². The highest BCUT2D eigenvalue weighted by Crippen LogP contribution is 2.25. The number of nitrogens with one attached hydrogen (secondary N) is 1. The van der Waals surface area contributed by atoms with Crippen LogP contribution >= 0.6 is 11.6 Å². The average molecular weight is 435 g/mol. The first-order valence-electron chi connectivity index (χ1n) is 10.0. The molecule has 0 atom stereocenters. The lowest BCUT2D eigenvalue weighted by Crippen LogP contribution is -2.35. The van der Waals surface area contributed by atoms with Crippen LogP contribution in [0.3, 0.4) is 0 Å². The molecule has 1 fully saturated rings. The number of carbonyl (C=O) groups is 1. The van der Waals surface area contributed by atoms with Crippen LogP contribution in [0, 0.1) is 6.92 Å². The van der Waals surface area contributed by atoms with E-state index in [-0.39, 0.29) is 21.4 Å². The van der Waals surface area contributed by atoms with Crippen LogP contribution in [-0.4, -0.2) is 38.3 Å². The molecule has 0 radical (unpaired) electrons. The summed E-state index contributed by atoms with van der Waals surface area (Å²) >= 11 is 6.18. The summed E-state index contributed by atoms with van der Waals surface area (Å²) < 4.78 is 27.2. The molecule has 7 heteroatoms. The molecule has 1 heterocycles. The van der Waals surface area contributed by atoms with Crippen molar-refractivity contribution in [3.63, 3.8) is 0 Å². The van der Waals surface area contributed by atoms with E-state index >= 15 is 0 Å². The first kappa shape index (κ1) is 21.8. The normalized spacial score (nSPS) is 15.2. The number of benzene rings is 2. The maximum atomic E-state index is 12.9. The lowest BCUT2D eigenvalue weighted by atomic mass is 10.1. The molecule has 5 nitrogen and oxygen atoms in total. The first-order chi connectivity index (χ1) is 13.9. The monoisotopic (exact) mass is 434 g/mol. The van der Waals surface area contributed by atoms with E-state index in [9.17, 15) is 13.2 Å². The van der Waals surface area contributed by atoms with E-state index in [1.54, 1.807) is 0 Å². The van der Waals surface area contributed by atoms with Gasteiger partial charge in [-0.25, -0.2) is 8.42 Å². The summed E-state index contributed by atoms with van der Waals surface area (Å²) in [4.78, 5) is 12.7. The first-order valence-corrected chi connectivity index (χ1v) is 11.8. The lowest BCUT2D eigenvalue weighted by molar-refractivity contribution is 0.0953. The number of carbonyl (C=O) groups excluding carboxylic acids is 1. The van der Waals surface area contributed by atoms with Crippen molar-refractivity contribution in [1.82, 2.24) is 9.62 Å². The van der Waals surface area contributed by atoms with Crippen LogP contribution in [0.25, 0.3) is 0 Å². The van der Waals surface area contributed by atoms with E-state index in [0.717, 1.165) is 32.1 Å². The summed E-state index contributed by atoms with van der Waals surface area (Å²) in [7, 11) is -3.61. The number of sulfonamides is 1. The van der Waals surface area contributed by atoms with Crippen molar-refractivity contribution in [3.05, 3.63) is 64.2 Å². The predicted octanol–water partition coefficient (Wildman–Crippen LogP) is 4.19. The highest BCUT2D eigenvalue weighted by molar-refractivity contribution is 7.89. The molecule has 1 N–H and O–H groups in total. The number of piperidine rings is 1. The Labute approximate surface area is 178 Å². The van der Waals surface area contributed by atoms with Crippen LogP contribution in [0.5, 0.6) is 0 Å². The van der Waals surface area contributed by atoms with Crippen molar-refractivity contribution < 1.29 is 13.2 Å². The Hall–Kier alpha value is -1.89. The highest BCUT2D eigenvalue weighted by atomic mass is 35.5. The fraction of sp³-hybridized carbons (Fsp3) is 0.409. The molecule has 1 saturated heterocycles. The van der Waals surface area contributed by atoms with Crippen molar-refractivity contribution in [2.75, 3.05) is 19.6 Å². The summed E-state index contributed by atoms with van der Waals surface area (Å²) in [6, 6.07) is 12.6. The van der Waals surface area contributed by atoms with E-state index in [1.165, 1.54) is 33.6 Å². The molecular formula is C22H27ClN2O3S. The largest absolute Gasteiger partial charge is 0.352 e. The topological polar surface area (TPSA) is 66.5 Å². The number of hydrogen-bond donors (Lipinski definition) is 1. The van der Waals surface area contributed by atoms with E-state index in [1.807, 2.05) is 6.07 Å². The number of aryl methyl sites for hydroxylation is 2. The fourth-order valence-corrected chi connectivity index (χ4v) is 5.30. The van der Waals surface area contributed by atoms with Gasteiger partial charge in [0.1, 0.15) is 0 Å². The Bertz CT molecular complexity index is 970. The molecule has 0 bridgehead atoms. The Morgan fingerprint density at radius 1 is 1.10 bits per heavy atom. The summed E-state index contributed by atoms with van der Waals surface area (Å²) in [5.74, 6) is -0.352. The van der Waals surface area contributed by atoms with Gasteiger partial charge in [-0.15, -0.1) is 0 Å². The second kappa shape index (κ2) is 9.74. The highest BCUT2D eigenvalue weighted by Gasteiger charge is 2.27. The van der Waals surface area contributed by atoms with Crippen LogP contribution in [0.4, 0.5) is 0 Å². The van der Waals surface area contributed by atoms with E-state index < -0.39 is 10.0 Å². The number of amides is 1. The Kier molecular flexibility index (Phi) is 7.33. The third kappa shape index (κ3) is 5.59. The van der Waals surface area contributed by atoms with Gasteiger partial charge in [0.05, 0.1) is 15.5 Å². The molecule has 29 heavy (non-hydrogen) atoms. The molecule has 0 aromatic heterocycles. The summed E-state index contributed by atoms with van der Waals surface area (Å²) in [6.07, 6.45) is 4.42. The zero-order valence-electron chi connectivity index (χ0n) is 16.7. The van der Waals surface area contributed by atoms with Gasteiger partial charge < -0.3 is 5.32 Å². The van der Waals surface area contributed by atoms with Gasteiger partial charge in [0, 0.05) is 19.6 Å². The number of halogens is 1. The maximum absolute atomic E-state index is 12.9. The van der Waals surface area contributed by atoms with E-state index in [2.05, 4.69) is 30.4 Å². The van der Waals surface area contributed by atoms with Crippen molar-refractivity contribution >= 4 is 27.5 Å².